The summed E-state index contributed by atoms with van der Waals surface area (Å²) in [6.45, 7) is 0. The lowest BCUT2D eigenvalue weighted by molar-refractivity contribution is 0.275. The first-order valence-electron chi connectivity index (χ1n) is 6.48. The molecule has 0 spiro atoms. The van der Waals surface area contributed by atoms with Crippen molar-refractivity contribution in [3.63, 3.8) is 0 Å². The molecule has 0 unspecified atom stereocenters. The van der Waals surface area contributed by atoms with Crippen molar-refractivity contribution < 1.29 is 13.6 Å². The van der Waals surface area contributed by atoms with E-state index in [0.717, 1.165) is 11.3 Å². The standard InChI is InChI=1S/C15H16Cl2NO3P/c1-20-22(19,21-2)10-11-6-3-4-9-14(11)18-15-12(16)7-5-8-13(15)17/h3-9,18H,10H2,1-2H3. The van der Waals surface area contributed by atoms with Gasteiger partial charge in [-0.15, -0.1) is 0 Å². The second-order valence-electron chi connectivity index (χ2n) is 4.51. The lowest BCUT2D eigenvalue weighted by Crippen LogP contribution is -2.00. The number of hydrogen-bond acceptors (Lipinski definition) is 4. The van der Waals surface area contributed by atoms with Gasteiger partial charge in [0.15, 0.2) is 0 Å². The van der Waals surface area contributed by atoms with Gasteiger partial charge in [-0.2, -0.15) is 0 Å². The third kappa shape index (κ3) is 4.03. The summed E-state index contributed by atoms with van der Waals surface area (Å²) in [4.78, 5) is 0. The van der Waals surface area contributed by atoms with E-state index in [1.165, 1.54) is 14.2 Å². The van der Waals surface area contributed by atoms with Crippen molar-refractivity contribution in [2.24, 2.45) is 0 Å². The summed E-state index contributed by atoms with van der Waals surface area (Å²) >= 11 is 12.3. The van der Waals surface area contributed by atoms with Crippen molar-refractivity contribution in [3.8, 4) is 0 Å². The van der Waals surface area contributed by atoms with Crippen molar-refractivity contribution in [1.82, 2.24) is 0 Å². The first-order valence-corrected chi connectivity index (χ1v) is 8.97. The summed E-state index contributed by atoms with van der Waals surface area (Å²) in [6, 6.07) is 12.7. The second kappa shape index (κ2) is 7.49. The Morgan fingerprint density at radius 3 is 2.18 bits per heavy atom. The fraction of sp³-hybridized carbons (Fsp3) is 0.200. The number of para-hydroxylation sites is 2. The van der Waals surface area contributed by atoms with Crippen LogP contribution in [0.5, 0.6) is 0 Å². The third-order valence-electron chi connectivity index (χ3n) is 3.16. The summed E-state index contributed by atoms with van der Waals surface area (Å²) in [7, 11) is -0.432. The highest BCUT2D eigenvalue weighted by Crippen LogP contribution is 2.51. The van der Waals surface area contributed by atoms with Crippen LogP contribution < -0.4 is 5.32 Å². The van der Waals surface area contributed by atoms with Gasteiger partial charge in [-0.05, 0) is 23.8 Å². The van der Waals surface area contributed by atoms with Crippen molar-refractivity contribution >= 4 is 42.2 Å². The molecule has 118 valence electrons. The van der Waals surface area contributed by atoms with E-state index in [2.05, 4.69) is 5.32 Å². The van der Waals surface area contributed by atoms with Crippen molar-refractivity contribution in [2.75, 3.05) is 19.5 Å². The van der Waals surface area contributed by atoms with E-state index in [4.69, 9.17) is 32.2 Å². The molecule has 0 aromatic heterocycles. The Morgan fingerprint density at radius 1 is 1.00 bits per heavy atom. The van der Waals surface area contributed by atoms with Crippen molar-refractivity contribution in [3.05, 3.63) is 58.1 Å². The molecule has 2 rings (SSSR count). The topological polar surface area (TPSA) is 47.6 Å². The first kappa shape index (κ1) is 17.3. The van der Waals surface area contributed by atoms with Crippen LogP contribution in [0.25, 0.3) is 0 Å². The zero-order valence-corrected chi connectivity index (χ0v) is 14.6. The van der Waals surface area contributed by atoms with Crippen LogP contribution in [-0.4, -0.2) is 14.2 Å². The van der Waals surface area contributed by atoms with Crippen LogP contribution >= 0.6 is 30.8 Å². The molecule has 1 N–H and O–H groups in total. The van der Waals surface area contributed by atoms with Crippen LogP contribution in [0.15, 0.2) is 42.5 Å². The van der Waals surface area contributed by atoms with E-state index in [1.807, 2.05) is 24.3 Å². The van der Waals surface area contributed by atoms with Crippen LogP contribution in [-0.2, 0) is 19.8 Å². The minimum Gasteiger partial charge on any atom is -0.353 e. The number of nitrogens with one attached hydrogen (secondary N) is 1. The molecule has 0 radical (unpaired) electrons. The summed E-state index contributed by atoms with van der Waals surface area (Å²) in [5.74, 6) is 0. The normalized spacial score (nSPS) is 11.5. The molecule has 7 heteroatoms. The van der Waals surface area contributed by atoms with Crippen LogP contribution in [0.3, 0.4) is 0 Å². The van der Waals surface area contributed by atoms with E-state index in [-0.39, 0.29) is 6.16 Å². The Kier molecular flexibility index (Phi) is 5.90. The van der Waals surface area contributed by atoms with E-state index >= 15 is 0 Å². The molecule has 22 heavy (non-hydrogen) atoms. The molecule has 0 aliphatic carbocycles. The van der Waals surface area contributed by atoms with E-state index < -0.39 is 7.60 Å². The summed E-state index contributed by atoms with van der Waals surface area (Å²) in [5.41, 5.74) is 2.13. The molecule has 0 aliphatic rings. The fourth-order valence-corrected chi connectivity index (χ4v) is 3.54. The number of rotatable bonds is 6. The Balaban J connectivity index is 2.35. The predicted octanol–water partition coefficient (Wildman–Crippen LogP) is 5.72. The molecule has 0 amide bonds. The number of benzene rings is 2. The fourth-order valence-electron chi connectivity index (χ4n) is 1.94. The van der Waals surface area contributed by atoms with E-state index in [9.17, 15) is 4.57 Å². The molecule has 4 nitrogen and oxygen atoms in total. The number of hydrogen-bond donors (Lipinski definition) is 1. The highest BCUT2D eigenvalue weighted by atomic mass is 35.5. The molecule has 0 fully saturated rings. The lowest BCUT2D eigenvalue weighted by atomic mass is 10.2. The van der Waals surface area contributed by atoms with Gasteiger partial charge in [0.2, 0.25) is 0 Å². The summed E-state index contributed by atoms with van der Waals surface area (Å²) in [6.07, 6.45) is 0.144. The van der Waals surface area contributed by atoms with E-state index in [0.29, 0.717) is 15.7 Å². The summed E-state index contributed by atoms with van der Waals surface area (Å²) < 4.78 is 22.3. The largest absolute Gasteiger partial charge is 0.353 e. The van der Waals surface area contributed by atoms with Gasteiger partial charge in [0.05, 0.1) is 21.9 Å². The second-order valence-corrected chi connectivity index (χ2v) is 7.60. The quantitative estimate of drug-likeness (QED) is 0.669. The van der Waals surface area contributed by atoms with Crippen molar-refractivity contribution in [1.29, 1.82) is 0 Å². The molecule has 0 heterocycles. The molecular weight excluding hydrogens is 344 g/mol. The Labute approximate surface area is 139 Å². The lowest BCUT2D eigenvalue weighted by Gasteiger charge is -2.18. The first-order chi connectivity index (χ1) is 10.5. The Bertz CT molecular complexity index is 681. The van der Waals surface area contributed by atoms with Gasteiger partial charge in [-0.1, -0.05) is 47.5 Å². The maximum absolute atomic E-state index is 12.3. The molecule has 0 aliphatic heterocycles. The van der Waals surface area contributed by atoms with Gasteiger partial charge in [0.25, 0.3) is 0 Å². The highest BCUT2D eigenvalue weighted by Gasteiger charge is 2.23. The van der Waals surface area contributed by atoms with Gasteiger partial charge in [-0.25, -0.2) is 0 Å². The highest BCUT2D eigenvalue weighted by molar-refractivity contribution is 7.52. The maximum atomic E-state index is 12.3. The van der Waals surface area contributed by atoms with Crippen LogP contribution in [0.2, 0.25) is 10.0 Å². The van der Waals surface area contributed by atoms with Gasteiger partial charge in [-0.3, -0.25) is 4.57 Å². The summed E-state index contributed by atoms with van der Waals surface area (Å²) in [5, 5.41) is 4.19. The van der Waals surface area contributed by atoms with Gasteiger partial charge in [0.1, 0.15) is 0 Å². The van der Waals surface area contributed by atoms with Crippen molar-refractivity contribution in [2.45, 2.75) is 6.16 Å². The Hall–Kier alpha value is -1.03. The minimum absolute atomic E-state index is 0.144. The Morgan fingerprint density at radius 2 is 1.59 bits per heavy atom. The number of anilines is 2. The molecule has 0 saturated carbocycles. The minimum atomic E-state index is -3.16. The predicted molar refractivity (Wildman–Crippen MR) is 91.5 cm³/mol. The maximum Gasteiger partial charge on any atom is 0.334 e. The third-order valence-corrected chi connectivity index (χ3v) is 5.63. The van der Waals surface area contributed by atoms with Crippen LogP contribution in [0, 0.1) is 0 Å². The molecule has 2 aromatic rings. The smallest absolute Gasteiger partial charge is 0.334 e. The molecular formula is C15H16Cl2NO3P. The zero-order valence-electron chi connectivity index (χ0n) is 12.2. The van der Waals surface area contributed by atoms with Gasteiger partial charge < -0.3 is 14.4 Å². The molecule has 2 aromatic carbocycles. The monoisotopic (exact) mass is 359 g/mol. The molecule has 0 atom stereocenters. The zero-order chi connectivity index (χ0) is 16.2. The average Bonchev–Trinajstić information content (AvgIpc) is 2.52. The molecule has 0 bridgehead atoms. The van der Waals surface area contributed by atoms with E-state index in [1.54, 1.807) is 18.2 Å². The SMILES string of the molecule is COP(=O)(Cc1ccccc1Nc1c(Cl)cccc1Cl)OC. The number of halogens is 2. The molecule has 0 saturated heterocycles. The van der Waals surface area contributed by atoms with Crippen LogP contribution in [0.4, 0.5) is 11.4 Å². The van der Waals surface area contributed by atoms with Gasteiger partial charge in [0, 0.05) is 19.9 Å². The average molecular weight is 360 g/mol. The van der Waals surface area contributed by atoms with Crippen LogP contribution in [0.1, 0.15) is 5.56 Å². The van der Waals surface area contributed by atoms with Gasteiger partial charge >= 0.3 is 7.60 Å².